The van der Waals surface area contributed by atoms with Gasteiger partial charge in [-0.1, -0.05) is 32.9 Å². The van der Waals surface area contributed by atoms with Crippen molar-refractivity contribution >= 4 is 19.8 Å². The van der Waals surface area contributed by atoms with Crippen molar-refractivity contribution in [3.8, 4) is 0 Å². The zero-order valence-electron chi connectivity index (χ0n) is 15.6. The van der Waals surface area contributed by atoms with Gasteiger partial charge >= 0.3 is 0 Å². The van der Waals surface area contributed by atoms with Gasteiger partial charge in [0.1, 0.15) is 0 Å². The van der Waals surface area contributed by atoms with Crippen LogP contribution < -0.4 is 5.32 Å². The fraction of sp³-hybridized carbons (Fsp3) is 0.381. The van der Waals surface area contributed by atoms with Crippen LogP contribution in [0.5, 0.6) is 0 Å². The predicted octanol–water partition coefficient (Wildman–Crippen LogP) is 3.20. The Bertz CT molecular complexity index is 827. The molecule has 0 spiro atoms. The summed E-state index contributed by atoms with van der Waals surface area (Å²) in [6.45, 7) is 9.41. The van der Waals surface area contributed by atoms with Crippen molar-refractivity contribution in [2.24, 2.45) is 0 Å². The lowest BCUT2D eigenvalue weighted by atomic mass is 10.1. The van der Waals surface area contributed by atoms with Gasteiger partial charge in [-0.2, -0.15) is 0 Å². The summed E-state index contributed by atoms with van der Waals surface area (Å²) in [4.78, 5) is 17.1. The number of amides is 1. The zero-order chi connectivity index (χ0) is 18.3. The lowest BCUT2D eigenvalue weighted by molar-refractivity contribution is -0.123. The maximum Gasteiger partial charge on any atom is 0.252 e. The van der Waals surface area contributed by atoms with Gasteiger partial charge in [-0.05, 0) is 48.9 Å². The monoisotopic (exact) mass is 367 g/mol. The van der Waals surface area contributed by atoms with E-state index >= 15 is 0 Å². The molecule has 26 heavy (non-hydrogen) atoms. The minimum absolute atomic E-state index is 0.0898. The Labute approximate surface area is 157 Å². The molecule has 1 aromatic carbocycles. The minimum atomic E-state index is 0.0898. The van der Waals surface area contributed by atoms with Crippen molar-refractivity contribution in [2.75, 3.05) is 19.6 Å². The summed E-state index contributed by atoms with van der Waals surface area (Å²) in [5.41, 5.74) is 4.89. The highest BCUT2D eigenvalue weighted by Crippen LogP contribution is 2.44. The van der Waals surface area contributed by atoms with E-state index in [-0.39, 0.29) is 11.7 Å². The molecular weight excluding hydrogens is 341 g/mol. The molecule has 1 saturated heterocycles. The van der Waals surface area contributed by atoms with E-state index in [0.29, 0.717) is 14.6 Å². The van der Waals surface area contributed by atoms with Gasteiger partial charge in [-0.3, -0.25) is 4.79 Å². The highest BCUT2D eigenvalue weighted by atomic mass is 31.1. The highest BCUT2D eigenvalue weighted by Gasteiger charge is 2.30. The fourth-order valence-corrected chi connectivity index (χ4v) is 5.08. The minimum Gasteiger partial charge on any atom is -0.368 e. The summed E-state index contributed by atoms with van der Waals surface area (Å²) in [5, 5.41) is 4.63. The number of hydrogen-bond donors (Lipinski definition) is 1. The second-order valence-electron chi connectivity index (χ2n) is 7.41. The summed E-state index contributed by atoms with van der Waals surface area (Å²) in [5.74, 6) is 0.236. The first kappa shape index (κ1) is 17.5. The summed E-state index contributed by atoms with van der Waals surface area (Å²) < 4.78 is 0. The molecule has 1 aromatic rings. The van der Waals surface area contributed by atoms with Gasteiger partial charge in [0.05, 0.1) is 11.5 Å². The molecule has 1 N–H and O–H groups in total. The van der Waals surface area contributed by atoms with Crippen LogP contribution in [0.1, 0.15) is 23.6 Å². The van der Waals surface area contributed by atoms with Crippen molar-refractivity contribution in [3.63, 3.8) is 0 Å². The van der Waals surface area contributed by atoms with Crippen LogP contribution in [-0.4, -0.2) is 47.2 Å². The molecule has 1 amide bonds. The SMILES string of the molecule is Cc1ccc(C2=CC(=O)N3C=C(N4CCN[C@@H](C)C4)C=CC3P2)cc1C. The van der Waals surface area contributed by atoms with Gasteiger partial charge in [0.2, 0.25) is 0 Å². The molecule has 3 heterocycles. The Morgan fingerprint density at radius 2 is 2.08 bits per heavy atom. The quantitative estimate of drug-likeness (QED) is 0.816. The number of benzene rings is 1. The van der Waals surface area contributed by atoms with E-state index in [9.17, 15) is 4.79 Å². The van der Waals surface area contributed by atoms with Gasteiger partial charge in [-0.25, -0.2) is 0 Å². The number of aryl methyl sites for hydroxylation is 2. The molecule has 2 unspecified atom stereocenters. The van der Waals surface area contributed by atoms with Crippen LogP contribution in [0.4, 0.5) is 0 Å². The molecular formula is C21H26N3OP. The lowest BCUT2D eigenvalue weighted by Crippen LogP contribution is -2.49. The third-order valence-electron chi connectivity index (χ3n) is 5.40. The number of allylic oxidation sites excluding steroid dienone is 1. The molecule has 1 fully saturated rings. The lowest BCUT2D eigenvalue weighted by Gasteiger charge is -2.39. The number of piperazine rings is 1. The Balaban J connectivity index is 1.57. The molecule has 0 aliphatic carbocycles. The smallest absolute Gasteiger partial charge is 0.252 e. The van der Waals surface area contributed by atoms with E-state index in [4.69, 9.17) is 0 Å². The van der Waals surface area contributed by atoms with E-state index in [1.807, 2.05) is 17.2 Å². The largest absolute Gasteiger partial charge is 0.368 e. The molecule has 3 aliphatic rings. The van der Waals surface area contributed by atoms with E-state index < -0.39 is 0 Å². The number of nitrogens with one attached hydrogen (secondary N) is 1. The van der Waals surface area contributed by atoms with Gasteiger partial charge in [0.25, 0.3) is 5.91 Å². The van der Waals surface area contributed by atoms with E-state index in [0.717, 1.165) is 30.6 Å². The van der Waals surface area contributed by atoms with Crippen molar-refractivity contribution in [1.29, 1.82) is 0 Å². The van der Waals surface area contributed by atoms with Crippen LogP contribution in [0.3, 0.4) is 0 Å². The van der Waals surface area contributed by atoms with Crippen LogP contribution in [-0.2, 0) is 4.79 Å². The number of hydrogen-bond acceptors (Lipinski definition) is 3. The average Bonchev–Trinajstić information content (AvgIpc) is 2.63. The summed E-state index contributed by atoms with van der Waals surface area (Å²) >= 11 is 0. The molecule has 0 saturated carbocycles. The van der Waals surface area contributed by atoms with E-state index in [1.165, 1.54) is 16.7 Å². The molecule has 0 radical (unpaired) electrons. The molecule has 4 nitrogen and oxygen atoms in total. The Morgan fingerprint density at radius 1 is 1.23 bits per heavy atom. The maximum absolute atomic E-state index is 12.8. The third-order valence-corrected chi connectivity index (χ3v) is 6.91. The molecule has 0 aromatic heterocycles. The first-order valence-electron chi connectivity index (χ1n) is 9.28. The fourth-order valence-electron chi connectivity index (χ4n) is 3.70. The van der Waals surface area contributed by atoms with Gasteiger partial charge in [-0.15, -0.1) is 0 Å². The number of nitrogens with zero attached hydrogens (tertiary/aromatic N) is 2. The van der Waals surface area contributed by atoms with Crippen molar-refractivity contribution in [1.82, 2.24) is 15.1 Å². The maximum atomic E-state index is 12.8. The number of rotatable bonds is 2. The van der Waals surface area contributed by atoms with Crippen molar-refractivity contribution in [2.45, 2.75) is 32.6 Å². The van der Waals surface area contributed by atoms with Crippen LogP contribution in [0.15, 0.2) is 48.3 Å². The second-order valence-corrected chi connectivity index (χ2v) is 8.82. The van der Waals surface area contributed by atoms with Gasteiger partial charge in [0.15, 0.2) is 0 Å². The zero-order valence-corrected chi connectivity index (χ0v) is 16.6. The summed E-state index contributed by atoms with van der Waals surface area (Å²) in [7, 11) is 0.577. The molecule has 136 valence electrons. The Kier molecular flexibility index (Phi) is 4.73. The first-order chi connectivity index (χ1) is 12.5. The van der Waals surface area contributed by atoms with Crippen LogP contribution in [0, 0.1) is 13.8 Å². The van der Waals surface area contributed by atoms with E-state index in [2.05, 4.69) is 61.3 Å². The highest BCUT2D eigenvalue weighted by molar-refractivity contribution is 7.51. The Morgan fingerprint density at radius 3 is 2.85 bits per heavy atom. The van der Waals surface area contributed by atoms with Crippen LogP contribution in [0.2, 0.25) is 0 Å². The summed E-state index contributed by atoms with van der Waals surface area (Å²) in [6, 6.07) is 6.96. The number of carbonyl (C=O) groups is 1. The molecule has 5 heteroatoms. The van der Waals surface area contributed by atoms with Crippen molar-refractivity contribution in [3.05, 3.63) is 65.0 Å². The molecule has 4 rings (SSSR count). The Hall–Kier alpha value is -1.90. The topological polar surface area (TPSA) is 35.6 Å². The molecule has 3 atom stereocenters. The second kappa shape index (κ2) is 7.02. The first-order valence-corrected chi connectivity index (χ1v) is 10.4. The average molecular weight is 367 g/mol. The van der Waals surface area contributed by atoms with Crippen LogP contribution >= 0.6 is 8.58 Å². The molecule has 3 aliphatic heterocycles. The predicted molar refractivity (Wildman–Crippen MR) is 109 cm³/mol. The normalized spacial score (nSPS) is 26.7. The molecule has 0 bridgehead atoms. The van der Waals surface area contributed by atoms with E-state index in [1.54, 1.807) is 0 Å². The number of fused-ring (bicyclic) bond motifs is 1. The van der Waals surface area contributed by atoms with Crippen molar-refractivity contribution < 1.29 is 4.79 Å². The van der Waals surface area contributed by atoms with Gasteiger partial charge < -0.3 is 15.1 Å². The standard InChI is InChI=1S/C21H26N3OP/c1-14-4-5-17(10-15(14)2)19-11-20(25)24-13-18(6-7-21(24)26-19)23-9-8-22-16(3)12-23/h4-7,10-11,13,16,21-22,26H,8-9,12H2,1-3H3/t16-,21?/m0/s1. The van der Waals surface area contributed by atoms with Gasteiger partial charge in [0, 0.05) is 38.0 Å². The third kappa shape index (κ3) is 3.36. The number of carbonyl (C=O) groups excluding carboxylic acids is 1. The summed E-state index contributed by atoms with van der Waals surface area (Å²) in [6.07, 6.45) is 8.27. The van der Waals surface area contributed by atoms with Crippen LogP contribution in [0.25, 0.3) is 5.31 Å².